The summed E-state index contributed by atoms with van der Waals surface area (Å²) in [5, 5.41) is 4.21. The van der Waals surface area contributed by atoms with E-state index in [1.54, 1.807) is 4.90 Å². The van der Waals surface area contributed by atoms with Crippen molar-refractivity contribution in [3.8, 4) is 0 Å². The number of amides is 1. The van der Waals surface area contributed by atoms with E-state index in [2.05, 4.69) is 31.0 Å². The van der Waals surface area contributed by atoms with Crippen LogP contribution in [0, 0.1) is 0 Å². The highest BCUT2D eigenvalue weighted by atomic mass is 35.5. The first-order valence-corrected chi connectivity index (χ1v) is 7.66. The van der Waals surface area contributed by atoms with Crippen LogP contribution in [0.15, 0.2) is 18.2 Å². The monoisotopic (exact) mass is 309 g/mol. The molecule has 1 saturated heterocycles. The lowest BCUT2D eigenvalue weighted by Crippen LogP contribution is -2.49. The Hall–Kier alpha value is -1.26. The molecule has 1 aliphatic rings. The molecule has 0 aliphatic carbocycles. The number of likely N-dealkylation sites (N-methyl/N-ethyl adjacent to an activating group) is 1. The van der Waals surface area contributed by atoms with Gasteiger partial charge in [0.1, 0.15) is 0 Å². The van der Waals surface area contributed by atoms with Gasteiger partial charge in [0.25, 0.3) is 0 Å². The number of carbonyl (C=O) groups excluding carboxylic acids is 1. The van der Waals surface area contributed by atoms with Gasteiger partial charge in [0, 0.05) is 42.9 Å². The first-order valence-electron chi connectivity index (χ1n) is 7.28. The number of nitrogens with zero attached hydrogens (tertiary/aromatic N) is 2. The number of nitrogens with one attached hydrogen (secondary N) is 1. The zero-order valence-electron chi connectivity index (χ0n) is 13.2. The van der Waals surface area contributed by atoms with Crippen LogP contribution in [0.2, 0.25) is 5.02 Å². The van der Waals surface area contributed by atoms with Gasteiger partial charge >= 0.3 is 0 Å². The quantitative estimate of drug-likeness (QED) is 0.932. The summed E-state index contributed by atoms with van der Waals surface area (Å²) < 4.78 is 0. The summed E-state index contributed by atoms with van der Waals surface area (Å²) in [6.45, 7) is 9.18. The number of rotatable bonds is 3. The van der Waals surface area contributed by atoms with E-state index in [0.717, 1.165) is 35.9 Å². The Bertz CT molecular complexity index is 525. The molecule has 1 amide bonds. The molecule has 0 saturated carbocycles. The fourth-order valence-electron chi connectivity index (χ4n) is 2.33. The van der Waals surface area contributed by atoms with Gasteiger partial charge < -0.3 is 15.1 Å². The Morgan fingerprint density at radius 1 is 1.29 bits per heavy atom. The van der Waals surface area contributed by atoms with Gasteiger partial charge in [0.05, 0.1) is 6.54 Å². The first kappa shape index (κ1) is 16.1. The molecule has 2 rings (SSSR count). The molecule has 0 aromatic heterocycles. The van der Waals surface area contributed by atoms with Gasteiger partial charge in [-0.2, -0.15) is 0 Å². The number of halogens is 1. The maximum atomic E-state index is 11.9. The van der Waals surface area contributed by atoms with Crippen LogP contribution >= 0.6 is 11.6 Å². The molecule has 116 valence electrons. The molecule has 1 fully saturated rings. The first-order chi connectivity index (χ1) is 9.76. The van der Waals surface area contributed by atoms with Crippen LogP contribution in [-0.4, -0.2) is 43.0 Å². The fourth-order valence-corrected chi connectivity index (χ4v) is 2.52. The van der Waals surface area contributed by atoms with Crippen molar-refractivity contribution in [2.45, 2.75) is 32.9 Å². The summed E-state index contributed by atoms with van der Waals surface area (Å²) in [7, 11) is 1.85. The van der Waals surface area contributed by atoms with E-state index >= 15 is 0 Å². The number of piperazine rings is 1. The molecule has 21 heavy (non-hydrogen) atoms. The summed E-state index contributed by atoms with van der Waals surface area (Å²) in [5.41, 5.74) is 2.27. The van der Waals surface area contributed by atoms with Gasteiger partial charge in [-0.05, 0) is 44.5 Å². The van der Waals surface area contributed by atoms with Gasteiger partial charge in [0.2, 0.25) is 5.91 Å². The molecule has 0 unspecified atom stereocenters. The van der Waals surface area contributed by atoms with Crippen molar-refractivity contribution < 1.29 is 4.79 Å². The molecule has 1 N–H and O–H groups in total. The summed E-state index contributed by atoms with van der Waals surface area (Å²) in [6.07, 6.45) is 0. The molecule has 1 aromatic rings. The zero-order valence-corrected chi connectivity index (χ0v) is 14.0. The fraction of sp³-hybridized carbons (Fsp3) is 0.562. The molecule has 0 atom stereocenters. The molecule has 1 heterocycles. The lowest BCUT2D eigenvalue weighted by molar-refractivity contribution is -0.129. The summed E-state index contributed by atoms with van der Waals surface area (Å²) in [6, 6.07) is 5.89. The van der Waals surface area contributed by atoms with Gasteiger partial charge in [-0.3, -0.25) is 4.79 Å². The number of hydrogen-bond donors (Lipinski definition) is 1. The van der Waals surface area contributed by atoms with Crippen LogP contribution in [0.25, 0.3) is 0 Å². The largest absolute Gasteiger partial charge is 0.360 e. The molecule has 0 spiro atoms. The van der Waals surface area contributed by atoms with E-state index in [-0.39, 0.29) is 11.4 Å². The maximum Gasteiger partial charge on any atom is 0.241 e. The minimum absolute atomic E-state index is 0.0392. The van der Waals surface area contributed by atoms with Gasteiger partial charge in [0.15, 0.2) is 0 Å². The van der Waals surface area contributed by atoms with Crippen LogP contribution in [0.3, 0.4) is 0 Å². The maximum absolute atomic E-state index is 11.9. The predicted molar refractivity (Wildman–Crippen MR) is 87.9 cm³/mol. The number of carbonyl (C=O) groups is 1. The highest BCUT2D eigenvalue weighted by Crippen LogP contribution is 2.26. The Morgan fingerprint density at radius 3 is 2.62 bits per heavy atom. The molecule has 4 nitrogen and oxygen atoms in total. The number of anilines is 1. The third kappa shape index (κ3) is 4.35. The Balaban J connectivity index is 2.20. The number of benzene rings is 1. The summed E-state index contributed by atoms with van der Waals surface area (Å²) in [5.74, 6) is 0.158. The predicted octanol–water partition coefficient (Wildman–Crippen LogP) is 2.51. The lowest BCUT2D eigenvalue weighted by atomic mass is 10.1. The van der Waals surface area contributed by atoms with Crippen molar-refractivity contribution in [2.24, 2.45) is 0 Å². The van der Waals surface area contributed by atoms with E-state index in [1.807, 2.05) is 25.2 Å². The third-order valence-electron chi connectivity index (χ3n) is 3.65. The van der Waals surface area contributed by atoms with Crippen molar-refractivity contribution in [1.82, 2.24) is 10.2 Å². The van der Waals surface area contributed by atoms with Crippen molar-refractivity contribution in [3.63, 3.8) is 0 Å². The van der Waals surface area contributed by atoms with Crippen LogP contribution in [0.1, 0.15) is 26.3 Å². The third-order valence-corrected chi connectivity index (χ3v) is 3.88. The average Bonchev–Trinajstić information content (AvgIpc) is 2.39. The lowest BCUT2D eigenvalue weighted by Gasteiger charge is -2.35. The van der Waals surface area contributed by atoms with Crippen molar-refractivity contribution in [2.75, 3.05) is 31.6 Å². The van der Waals surface area contributed by atoms with Crippen molar-refractivity contribution >= 4 is 23.2 Å². The second kappa shape index (κ2) is 6.24. The van der Waals surface area contributed by atoms with E-state index in [4.69, 9.17) is 11.6 Å². The Morgan fingerprint density at radius 2 is 2.00 bits per heavy atom. The minimum Gasteiger partial charge on any atom is -0.360 e. The van der Waals surface area contributed by atoms with E-state index in [9.17, 15) is 4.79 Å². The Kier molecular flexibility index (Phi) is 4.79. The molecule has 1 aliphatic heterocycles. The standard InChI is InChI=1S/C16H24ClN3O/c1-16(2,3)18-10-12-9-13(17)5-6-14(12)20-8-7-19(4)15(21)11-20/h5-6,9,18H,7-8,10-11H2,1-4H3. The minimum atomic E-state index is 0.0392. The average molecular weight is 310 g/mol. The molecule has 0 bridgehead atoms. The normalized spacial score (nSPS) is 16.5. The SMILES string of the molecule is CN1CCN(c2ccc(Cl)cc2CNC(C)(C)C)CC1=O. The van der Waals surface area contributed by atoms with Crippen LogP contribution < -0.4 is 10.2 Å². The molecule has 0 radical (unpaired) electrons. The van der Waals surface area contributed by atoms with E-state index in [1.165, 1.54) is 0 Å². The molecule has 5 heteroatoms. The second-order valence-corrected chi connectivity index (χ2v) is 7.05. The molecule has 1 aromatic carbocycles. The molecular formula is C16H24ClN3O. The van der Waals surface area contributed by atoms with E-state index < -0.39 is 0 Å². The highest BCUT2D eigenvalue weighted by Gasteiger charge is 2.23. The van der Waals surface area contributed by atoms with Crippen molar-refractivity contribution in [1.29, 1.82) is 0 Å². The van der Waals surface area contributed by atoms with Crippen molar-refractivity contribution in [3.05, 3.63) is 28.8 Å². The summed E-state index contributed by atoms with van der Waals surface area (Å²) >= 11 is 6.14. The summed E-state index contributed by atoms with van der Waals surface area (Å²) in [4.78, 5) is 15.8. The zero-order chi connectivity index (χ0) is 15.6. The number of hydrogen-bond acceptors (Lipinski definition) is 3. The smallest absolute Gasteiger partial charge is 0.241 e. The van der Waals surface area contributed by atoms with E-state index in [0.29, 0.717) is 6.54 Å². The van der Waals surface area contributed by atoms with Gasteiger partial charge in [-0.15, -0.1) is 0 Å². The Labute approximate surface area is 132 Å². The highest BCUT2D eigenvalue weighted by molar-refractivity contribution is 6.30. The van der Waals surface area contributed by atoms with Crippen LogP contribution in [0.4, 0.5) is 5.69 Å². The van der Waals surface area contributed by atoms with Gasteiger partial charge in [-0.25, -0.2) is 0 Å². The van der Waals surface area contributed by atoms with Gasteiger partial charge in [-0.1, -0.05) is 11.6 Å². The van der Waals surface area contributed by atoms with Crippen LogP contribution in [0.5, 0.6) is 0 Å². The topological polar surface area (TPSA) is 35.6 Å². The second-order valence-electron chi connectivity index (χ2n) is 6.61. The molecular weight excluding hydrogens is 286 g/mol. The van der Waals surface area contributed by atoms with Crippen LogP contribution in [-0.2, 0) is 11.3 Å².